The van der Waals surface area contributed by atoms with Crippen LogP contribution in [0.1, 0.15) is 17.5 Å². The minimum Gasteiger partial charge on any atom is -0.496 e. The van der Waals surface area contributed by atoms with Gasteiger partial charge in [-0.05, 0) is 46.6 Å². The minimum atomic E-state index is 0.939. The lowest BCUT2D eigenvalue weighted by molar-refractivity contribution is 0.312. The van der Waals surface area contributed by atoms with Gasteiger partial charge < -0.3 is 15.0 Å². The van der Waals surface area contributed by atoms with Crippen LogP contribution in [0.4, 0.5) is 0 Å². The Morgan fingerprint density at radius 3 is 2.76 bits per heavy atom. The van der Waals surface area contributed by atoms with E-state index in [0.717, 1.165) is 25.4 Å². The summed E-state index contributed by atoms with van der Waals surface area (Å²) < 4.78 is 5.39. The molecule has 0 bridgehead atoms. The average Bonchev–Trinajstić information content (AvgIpc) is 2.29. The quantitative estimate of drug-likeness (QED) is 0.733. The van der Waals surface area contributed by atoms with E-state index in [0.29, 0.717) is 0 Å². The van der Waals surface area contributed by atoms with Gasteiger partial charge in [-0.3, -0.25) is 0 Å². The van der Waals surface area contributed by atoms with Gasteiger partial charge in [0.05, 0.1) is 7.11 Å². The van der Waals surface area contributed by atoms with E-state index in [4.69, 9.17) is 4.74 Å². The van der Waals surface area contributed by atoms with Gasteiger partial charge in [0.2, 0.25) is 0 Å². The molecule has 0 aliphatic rings. The molecule has 0 aliphatic carbocycles. The van der Waals surface area contributed by atoms with Crippen LogP contribution in [0.3, 0.4) is 0 Å². The molecule has 0 saturated heterocycles. The molecule has 0 saturated carbocycles. The lowest BCUT2D eigenvalue weighted by atomic mass is 10.1. The van der Waals surface area contributed by atoms with Crippen molar-refractivity contribution in [3.8, 4) is 5.75 Å². The normalized spacial score (nSPS) is 10.9. The van der Waals surface area contributed by atoms with Gasteiger partial charge in [0.25, 0.3) is 0 Å². The van der Waals surface area contributed by atoms with Crippen LogP contribution in [0.5, 0.6) is 5.75 Å². The van der Waals surface area contributed by atoms with Crippen molar-refractivity contribution in [2.45, 2.75) is 19.9 Å². The fourth-order valence-corrected chi connectivity index (χ4v) is 1.93. The zero-order valence-corrected chi connectivity index (χ0v) is 11.4. The third-order valence-corrected chi connectivity index (χ3v) is 2.84. The largest absolute Gasteiger partial charge is 0.496 e. The van der Waals surface area contributed by atoms with Gasteiger partial charge in [-0.1, -0.05) is 17.7 Å². The highest BCUT2D eigenvalue weighted by Gasteiger charge is 2.06. The molecule has 17 heavy (non-hydrogen) atoms. The molecule has 0 atom stereocenters. The fraction of sp³-hybridized carbons (Fsp3) is 0.571. The van der Waals surface area contributed by atoms with Crippen LogP contribution >= 0.6 is 0 Å². The Bertz CT molecular complexity index is 339. The fourth-order valence-electron chi connectivity index (χ4n) is 1.93. The van der Waals surface area contributed by atoms with E-state index in [-0.39, 0.29) is 0 Å². The van der Waals surface area contributed by atoms with Gasteiger partial charge in [-0.15, -0.1) is 0 Å². The predicted octanol–water partition coefficient (Wildman–Crippen LogP) is 2.04. The van der Waals surface area contributed by atoms with Gasteiger partial charge in [-0.25, -0.2) is 0 Å². The molecule has 1 N–H and O–H groups in total. The monoisotopic (exact) mass is 236 g/mol. The van der Waals surface area contributed by atoms with Crippen LogP contribution in [-0.4, -0.2) is 39.2 Å². The number of hydrogen-bond acceptors (Lipinski definition) is 3. The maximum Gasteiger partial charge on any atom is 0.123 e. The number of nitrogens with zero attached hydrogens (tertiary/aromatic N) is 1. The highest BCUT2D eigenvalue weighted by atomic mass is 16.5. The summed E-state index contributed by atoms with van der Waals surface area (Å²) in [6.07, 6.45) is 1.17. The average molecular weight is 236 g/mol. The molecule has 0 aliphatic heterocycles. The maximum absolute atomic E-state index is 5.39. The molecule has 0 heterocycles. The Kier molecular flexibility index (Phi) is 6.01. The van der Waals surface area contributed by atoms with Gasteiger partial charge >= 0.3 is 0 Å². The van der Waals surface area contributed by atoms with Crippen molar-refractivity contribution in [3.63, 3.8) is 0 Å². The number of rotatable bonds is 7. The molecule has 0 amide bonds. The van der Waals surface area contributed by atoms with Gasteiger partial charge in [-0.2, -0.15) is 0 Å². The first-order valence-corrected chi connectivity index (χ1v) is 6.14. The maximum atomic E-state index is 5.39. The molecule has 1 rings (SSSR count). The van der Waals surface area contributed by atoms with Gasteiger partial charge in [0.1, 0.15) is 5.75 Å². The molecular weight excluding hydrogens is 212 g/mol. The van der Waals surface area contributed by atoms with Crippen molar-refractivity contribution in [1.29, 1.82) is 0 Å². The SMILES string of the molecule is CNCCCN(C)Cc1cc(C)ccc1OC. The number of benzene rings is 1. The van der Waals surface area contributed by atoms with E-state index in [1.807, 2.05) is 13.1 Å². The molecule has 3 nitrogen and oxygen atoms in total. The van der Waals surface area contributed by atoms with Crippen molar-refractivity contribution in [1.82, 2.24) is 10.2 Å². The third-order valence-electron chi connectivity index (χ3n) is 2.84. The first-order chi connectivity index (χ1) is 8.17. The summed E-state index contributed by atoms with van der Waals surface area (Å²) >= 11 is 0. The molecule has 0 aromatic heterocycles. The summed E-state index contributed by atoms with van der Waals surface area (Å²) in [7, 11) is 5.87. The summed E-state index contributed by atoms with van der Waals surface area (Å²) in [5.41, 5.74) is 2.55. The second-order valence-electron chi connectivity index (χ2n) is 4.51. The number of nitrogens with one attached hydrogen (secondary N) is 1. The number of ether oxygens (including phenoxy) is 1. The van der Waals surface area contributed by atoms with E-state index in [2.05, 4.69) is 36.3 Å². The lowest BCUT2D eigenvalue weighted by Gasteiger charge is -2.18. The molecule has 0 unspecified atom stereocenters. The zero-order chi connectivity index (χ0) is 12.7. The Morgan fingerprint density at radius 1 is 1.35 bits per heavy atom. The molecule has 96 valence electrons. The Labute approximate surface area is 105 Å². The van der Waals surface area contributed by atoms with Gasteiger partial charge in [0, 0.05) is 12.1 Å². The first kappa shape index (κ1) is 14.0. The Balaban J connectivity index is 2.57. The molecule has 0 radical (unpaired) electrons. The van der Waals surface area contributed by atoms with Crippen molar-refractivity contribution < 1.29 is 4.74 Å². The second kappa shape index (κ2) is 7.30. The highest BCUT2D eigenvalue weighted by Crippen LogP contribution is 2.20. The van der Waals surface area contributed by atoms with E-state index in [9.17, 15) is 0 Å². The summed E-state index contributed by atoms with van der Waals surface area (Å²) in [6, 6.07) is 6.34. The van der Waals surface area contributed by atoms with Crippen LogP contribution in [0.15, 0.2) is 18.2 Å². The summed E-state index contributed by atoms with van der Waals surface area (Å²) in [5, 5.41) is 3.17. The summed E-state index contributed by atoms with van der Waals surface area (Å²) in [4.78, 5) is 2.33. The lowest BCUT2D eigenvalue weighted by Crippen LogP contribution is -2.22. The molecular formula is C14H24N2O. The topological polar surface area (TPSA) is 24.5 Å². The van der Waals surface area contributed by atoms with Crippen LogP contribution in [-0.2, 0) is 6.54 Å². The van der Waals surface area contributed by atoms with Crippen LogP contribution < -0.4 is 10.1 Å². The third kappa shape index (κ3) is 4.75. The van der Waals surface area contributed by atoms with Crippen molar-refractivity contribution in [3.05, 3.63) is 29.3 Å². The van der Waals surface area contributed by atoms with Crippen molar-refractivity contribution >= 4 is 0 Å². The molecule has 3 heteroatoms. The number of methoxy groups -OCH3 is 1. The molecule has 0 fully saturated rings. The first-order valence-electron chi connectivity index (χ1n) is 6.14. The minimum absolute atomic E-state index is 0.939. The standard InChI is InChI=1S/C14H24N2O/c1-12-6-7-14(17-4)13(10-12)11-16(3)9-5-8-15-2/h6-7,10,15H,5,8-9,11H2,1-4H3. The smallest absolute Gasteiger partial charge is 0.123 e. The highest BCUT2D eigenvalue weighted by molar-refractivity contribution is 5.36. The van der Waals surface area contributed by atoms with Gasteiger partial charge in [0.15, 0.2) is 0 Å². The number of aryl methyl sites for hydroxylation is 1. The Hall–Kier alpha value is -1.06. The van der Waals surface area contributed by atoms with Crippen molar-refractivity contribution in [2.24, 2.45) is 0 Å². The molecule has 1 aromatic carbocycles. The second-order valence-corrected chi connectivity index (χ2v) is 4.51. The van der Waals surface area contributed by atoms with Crippen LogP contribution in [0, 0.1) is 6.92 Å². The molecule has 1 aromatic rings. The summed E-state index contributed by atoms with van der Waals surface area (Å²) in [5.74, 6) is 0.982. The van der Waals surface area contributed by atoms with Crippen LogP contribution in [0.2, 0.25) is 0 Å². The van der Waals surface area contributed by atoms with E-state index < -0.39 is 0 Å². The predicted molar refractivity (Wildman–Crippen MR) is 72.6 cm³/mol. The van der Waals surface area contributed by atoms with E-state index in [1.165, 1.54) is 17.5 Å². The zero-order valence-electron chi connectivity index (χ0n) is 11.4. The van der Waals surface area contributed by atoms with E-state index in [1.54, 1.807) is 7.11 Å². The van der Waals surface area contributed by atoms with Crippen molar-refractivity contribution in [2.75, 3.05) is 34.3 Å². The Morgan fingerprint density at radius 2 is 2.12 bits per heavy atom. The molecule has 0 spiro atoms. The van der Waals surface area contributed by atoms with Crippen LogP contribution in [0.25, 0.3) is 0 Å². The summed E-state index contributed by atoms with van der Waals surface area (Å²) in [6.45, 7) is 5.21. The number of hydrogen-bond donors (Lipinski definition) is 1. The van der Waals surface area contributed by atoms with E-state index >= 15 is 0 Å².